The molecule has 0 bridgehead atoms. The van der Waals surface area contributed by atoms with Crippen LogP contribution in [0.2, 0.25) is 5.02 Å². The Morgan fingerprint density at radius 1 is 1.12 bits per heavy atom. The monoisotopic (exact) mass is 230 g/mol. The van der Waals surface area contributed by atoms with E-state index in [0.29, 0.717) is 10.9 Å². The van der Waals surface area contributed by atoms with Crippen molar-refractivity contribution >= 4 is 22.4 Å². The van der Waals surface area contributed by atoms with Crippen molar-refractivity contribution in [2.75, 3.05) is 0 Å². The van der Waals surface area contributed by atoms with Crippen molar-refractivity contribution < 1.29 is 4.42 Å². The number of benzene rings is 2. The van der Waals surface area contributed by atoms with Gasteiger partial charge in [0.05, 0.1) is 0 Å². The van der Waals surface area contributed by atoms with Crippen LogP contribution in [0.3, 0.4) is 0 Å². The predicted molar refractivity (Wildman–Crippen MR) is 62.3 cm³/mol. The molecule has 0 atom stereocenters. The molecule has 0 radical (unpaired) electrons. The summed E-state index contributed by atoms with van der Waals surface area (Å²) in [6.07, 6.45) is 1.31. The number of fused-ring (bicyclic) bond motifs is 1. The van der Waals surface area contributed by atoms with E-state index in [2.05, 4.69) is 10.2 Å². The maximum atomic E-state index is 6.05. The Balaban J connectivity index is 2.39. The SMILES string of the molecule is Clc1cc(-c2nnco2)c2ccccc2c1. The highest BCUT2D eigenvalue weighted by atomic mass is 35.5. The van der Waals surface area contributed by atoms with Gasteiger partial charge >= 0.3 is 0 Å². The van der Waals surface area contributed by atoms with E-state index in [4.69, 9.17) is 16.0 Å². The number of nitrogens with zero attached hydrogens (tertiary/aromatic N) is 2. The summed E-state index contributed by atoms with van der Waals surface area (Å²) in [6.45, 7) is 0. The average molecular weight is 231 g/mol. The highest BCUT2D eigenvalue weighted by molar-refractivity contribution is 6.32. The summed E-state index contributed by atoms with van der Waals surface area (Å²) in [6, 6.07) is 11.7. The number of hydrogen-bond donors (Lipinski definition) is 0. The fourth-order valence-electron chi connectivity index (χ4n) is 1.74. The molecule has 0 aliphatic heterocycles. The Labute approximate surface area is 96.7 Å². The topological polar surface area (TPSA) is 38.9 Å². The van der Waals surface area contributed by atoms with Crippen molar-refractivity contribution in [3.63, 3.8) is 0 Å². The van der Waals surface area contributed by atoms with Crippen LogP contribution in [0.1, 0.15) is 0 Å². The first kappa shape index (κ1) is 9.36. The van der Waals surface area contributed by atoms with Crippen molar-refractivity contribution in [3.05, 3.63) is 47.8 Å². The second-order valence-electron chi connectivity index (χ2n) is 3.42. The average Bonchev–Trinajstić information content (AvgIpc) is 2.81. The van der Waals surface area contributed by atoms with Gasteiger partial charge in [0.25, 0.3) is 0 Å². The van der Waals surface area contributed by atoms with Gasteiger partial charge < -0.3 is 4.42 Å². The first-order valence-electron chi connectivity index (χ1n) is 4.79. The summed E-state index contributed by atoms with van der Waals surface area (Å²) in [4.78, 5) is 0. The molecule has 0 unspecified atom stereocenters. The van der Waals surface area contributed by atoms with Crippen LogP contribution >= 0.6 is 11.6 Å². The summed E-state index contributed by atoms with van der Waals surface area (Å²) in [7, 11) is 0. The Hall–Kier alpha value is -1.87. The first-order valence-corrected chi connectivity index (χ1v) is 5.17. The van der Waals surface area contributed by atoms with Gasteiger partial charge in [-0.2, -0.15) is 0 Å². The molecule has 1 aromatic heterocycles. The minimum Gasteiger partial charge on any atom is -0.423 e. The molecule has 3 rings (SSSR count). The Morgan fingerprint density at radius 2 is 2.00 bits per heavy atom. The number of rotatable bonds is 1. The van der Waals surface area contributed by atoms with Gasteiger partial charge in [-0.15, -0.1) is 10.2 Å². The molecule has 0 fully saturated rings. The van der Waals surface area contributed by atoms with Gasteiger partial charge in [-0.1, -0.05) is 35.9 Å². The van der Waals surface area contributed by atoms with Crippen LogP contribution in [0.5, 0.6) is 0 Å². The molecule has 16 heavy (non-hydrogen) atoms. The summed E-state index contributed by atoms with van der Waals surface area (Å²) >= 11 is 6.05. The van der Waals surface area contributed by atoms with Crippen molar-refractivity contribution in [2.24, 2.45) is 0 Å². The fraction of sp³-hybridized carbons (Fsp3) is 0. The van der Waals surface area contributed by atoms with E-state index < -0.39 is 0 Å². The first-order chi connectivity index (χ1) is 7.84. The summed E-state index contributed by atoms with van der Waals surface area (Å²) in [5.41, 5.74) is 0.862. The lowest BCUT2D eigenvalue weighted by molar-refractivity contribution is 0.569. The van der Waals surface area contributed by atoms with Gasteiger partial charge in [0, 0.05) is 10.6 Å². The molecule has 0 saturated carbocycles. The molecule has 1 heterocycles. The lowest BCUT2D eigenvalue weighted by Crippen LogP contribution is -1.82. The smallest absolute Gasteiger partial charge is 0.248 e. The van der Waals surface area contributed by atoms with E-state index in [0.717, 1.165) is 16.3 Å². The van der Waals surface area contributed by atoms with Crippen LogP contribution in [-0.2, 0) is 0 Å². The van der Waals surface area contributed by atoms with Gasteiger partial charge in [-0.05, 0) is 22.9 Å². The van der Waals surface area contributed by atoms with Crippen LogP contribution in [0, 0.1) is 0 Å². The molecule has 0 saturated heterocycles. The van der Waals surface area contributed by atoms with Crippen molar-refractivity contribution in [3.8, 4) is 11.5 Å². The Morgan fingerprint density at radius 3 is 2.81 bits per heavy atom. The second-order valence-corrected chi connectivity index (χ2v) is 3.85. The second kappa shape index (κ2) is 3.61. The zero-order valence-electron chi connectivity index (χ0n) is 8.22. The molecule has 0 amide bonds. The third kappa shape index (κ3) is 1.46. The van der Waals surface area contributed by atoms with Crippen molar-refractivity contribution in [2.45, 2.75) is 0 Å². The van der Waals surface area contributed by atoms with Crippen LogP contribution in [0.15, 0.2) is 47.2 Å². The maximum Gasteiger partial charge on any atom is 0.248 e. The van der Waals surface area contributed by atoms with Crippen molar-refractivity contribution in [1.82, 2.24) is 10.2 Å². The number of halogens is 1. The third-order valence-corrected chi connectivity index (χ3v) is 2.64. The highest BCUT2D eigenvalue weighted by Crippen LogP contribution is 2.30. The predicted octanol–water partition coefficient (Wildman–Crippen LogP) is 3.54. The van der Waals surface area contributed by atoms with E-state index in [9.17, 15) is 0 Å². The maximum absolute atomic E-state index is 6.05. The molecule has 2 aromatic carbocycles. The quantitative estimate of drug-likeness (QED) is 0.642. The van der Waals surface area contributed by atoms with Crippen LogP contribution < -0.4 is 0 Å². The Bertz CT molecular complexity index is 635. The molecular weight excluding hydrogens is 224 g/mol. The molecular formula is C12H7ClN2O. The van der Waals surface area contributed by atoms with Gasteiger partial charge in [0.1, 0.15) is 0 Å². The highest BCUT2D eigenvalue weighted by Gasteiger charge is 2.09. The van der Waals surface area contributed by atoms with Crippen LogP contribution in [0.25, 0.3) is 22.2 Å². The fourth-order valence-corrected chi connectivity index (χ4v) is 1.97. The Kier molecular flexibility index (Phi) is 2.11. The molecule has 0 aliphatic rings. The normalized spacial score (nSPS) is 10.8. The molecule has 3 nitrogen and oxygen atoms in total. The minimum atomic E-state index is 0.485. The molecule has 0 aliphatic carbocycles. The molecule has 3 aromatic rings. The molecule has 0 N–H and O–H groups in total. The largest absolute Gasteiger partial charge is 0.423 e. The van der Waals surface area contributed by atoms with Gasteiger partial charge in [0.2, 0.25) is 12.3 Å². The van der Waals surface area contributed by atoms with Gasteiger partial charge in [-0.25, -0.2) is 0 Å². The molecule has 0 spiro atoms. The van der Waals surface area contributed by atoms with E-state index in [1.165, 1.54) is 6.39 Å². The zero-order valence-corrected chi connectivity index (χ0v) is 8.98. The zero-order chi connectivity index (χ0) is 11.0. The van der Waals surface area contributed by atoms with Crippen molar-refractivity contribution in [1.29, 1.82) is 0 Å². The standard InChI is InChI=1S/C12H7ClN2O/c13-9-5-8-3-1-2-4-10(8)11(6-9)12-15-14-7-16-12/h1-7H. The van der Waals surface area contributed by atoms with E-state index in [-0.39, 0.29) is 0 Å². The van der Waals surface area contributed by atoms with Crippen LogP contribution in [-0.4, -0.2) is 10.2 Å². The van der Waals surface area contributed by atoms with Crippen LogP contribution in [0.4, 0.5) is 0 Å². The lowest BCUT2D eigenvalue weighted by atomic mass is 10.0. The summed E-state index contributed by atoms with van der Waals surface area (Å²) < 4.78 is 5.20. The van der Waals surface area contributed by atoms with Gasteiger partial charge in [0.15, 0.2) is 0 Å². The third-order valence-electron chi connectivity index (χ3n) is 2.42. The summed E-state index contributed by atoms with van der Waals surface area (Å²) in [5.74, 6) is 0.485. The number of hydrogen-bond acceptors (Lipinski definition) is 3. The lowest BCUT2D eigenvalue weighted by Gasteiger charge is -2.03. The minimum absolute atomic E-state index is 0.485. The summed E-state index contributed by atoms with van der Waals surface area (Å²) in [5, 5.41) is 10.3. The molecule has 78 valence electrons. The van der Waals surface area contributed by atoms with Gasteiger partial charge in [-0.3, -0.25) is 0 Å². The number of aromatic nitrogens is 2. The molecule has 4 heteroatoms. The van der Waals surface area contributed by atoms with E-state index >= 15 is 0 Å². The van der Waals surface area contributed by atoms with E-state index in [1.54, 1.807) is 0 Å². The van der Waals surface area contributed by atoms with E-state index in [1.807, 2.05) is 36.4 Å².